The number of carbonyl (C=O) groups excluding carboxylic acids is 1. The zero-order valence-corrected chi connectivity index (χ0v) is 19.3. The second-order valence-electron chi connectivity index (χ2n) is 6.82. The molecule has 31 heavy (non-hydrogen) atoms. The van der Waals surface area contributed by atoms with E-state index in [4.69, 9.17) is 16.3 Å². The highest BCUT2D eigenvalue weighted by Gasteiger charge is 2.07. The van der Waals surface area contributed by atoms with Crippen molar-refractivity contribution in [3.8, 4) is 5.75 Å². The van der Waals surface area contributed by atoms with Crippen LogP contribution in [0.15, 0.2) is 90.0 Å². The lowest BCUT2D eigenvalue weighted by atomic mass is 10.1. The Labute approximate surface area is 199 Å². The summed E-state index contributed by atoms with van der Waals surface area (Å²) in [5.74, 6) is 0.345. The molecule has 0 unspecified atom stereocenters. The average molecular weight is 541 g/mol. The molecule has 0 fully saturated rings. The number of carbonyl (C=O) groups is 1. The van der Waals surface area contributed by atoms with Gasteiger partial charge in [0.1, 0.15) is 12.4 Å². The summed E-state index contributed by atoms with van der Waals surface area (Å²) in [5, 5.41) is 6.96. The van der Waals surface area contributed by atoms with E-state index in [1.807, 2.05) is 36.4 Å². The standard InChI is InChI=1S/C25H18ClIN2O2/c26-21-10-13-24(31-16-19-6-3-5-17-4-1-2-7-23(17)19)20(14-21)15-28-29-25(30)18-8-11-22(27)12-9-18/h1-15H,16H2,(H,29,30)/b28-15-. The van der Waals surface area contributed by atoms with Gasteiger partial charge in [-0.05, 0) is 81.4 Å². The van der Waals surface area contributed by atoms with Gasteiger partial charge in [0.15, 0.2) is 0 Å². The molecule has 0 saturated carbocycles. The number of halogens is 2. The van der Waals surface area contributed by atoms with Crippen molar-refractivity contribution in [2.45, 2.75) is 6.61 Å². The Kier molecular flexibility index (Phi) is 6.84. The number of hydrogen-bond acceptors (Lipinski definition) is 3. The molecular formula is C25H18ClIN2O2. The molecule has 0 atom stereocenters. The van der Waals surface area contributed by atoms with Gasteiger partial charge in [0.2, 0.25) is 0 Å². The summed E-state index contributed by atoms with van der Waals surface area (Å²) in [6, 6.07) is 26.9. The summed E-state index contributed by atoms with van der Waals surface area (Å²) < 4.78 is 7.14. The fourth-order valence-corrected chi connectivity index (χ4v) is 3.69. The SMILES string of the molecule is O=C(N/N=C\c1cc(Cl)ccc1OCc1cccc2ccccc12)c1ccc(I)cc1. The van der Waals surface area contributed by atoms with Crippen LogP contribution in [0.1, 0.15) is 21.5 Å². The Morgan fingerprint density at radius 2 is 1.77 bits per heavy atom. The summed E-state index contributed by atoms with van der Waals surface area (Å²) in [6.07, 6.45) is 1.54. The molecular weight excluding hydrogens is 523 g/mol. The lowest BCUT2D eigenvalue weighted by Gasteiger charge is -2.11. The van der Waals surface area contributed by atoms with Crippen LogP contribution in [0.5, 0.6) is 5.75 Å². The van der Waals surface area contributed by atoms with Gasteiger partial charge >= 0.3 is 0 Å². The third kappa shape index (κ3) is 5.42. The highest BCUT2D eigenvalue weighted by atomic mass is 127. The number of nitrogens with zero attached hydrogens (tertiary/aromatic N) is 1. The van der Waals surface area contributed by atoms with Crippen LogP contribution >= 0.6 is 34.2 Å². The molecule has 4 rings (SSSR count). The van der Waals surface area contributed by atoms with Crippen molar-refractivity contribution in [3.05, 3.63) is 110 Å². The largest absolute Gasteiger partial charge is 0.488 e. The highest BCUT2D eigenvalue weighted by molar-refractivity contribution is 14.1. The van der Waals surface area contributed by atoms with Gasteiger partial charge in [0, 0.05) is 19.7 Å². The van der Waals surface area contributed by atoms with E-state index in [9.17, 15) is 4.79 Å². The van der Waals surface area contributed by atoms with E-state index >= 15 is 0 Å². The fourth-order valence-electron chi connectivity index (χ4n) is 3.15. The Balaban J connectivity index is 1.49. The third-order valence-electron chi connectivity index (χ3n) is 4.71. The van der Waals surface area contributed by atoms with Crippen LogP contribution in [-0.2, 0) is 6.61 Å². The number of hydrogen-bond donors (Lipinski definition) is 1. The smallest absolute Gasteiger partial charge is 0.271 e. The number of amides is 1. The monoisotopic (exact) mass is 540 g/mol. The van der Waals surface area contributed by atoms with Gasteiger partial charge in [-0.1, -0.05) is 54.1 Å². The molecule has 154 valence electrons. The molecule has 4 aromatic carbocycles. The minimum atomic E-state index is -0.284. The van der Waals surface area contributed by atoms with Crippen LogP contribution in [-0.4, -0.2) is 12.1 Å². The first-order chi connectivity index (χ1) is 15.1. The minimum absolute atomic E-state index is 0.284. The molecule has 0 aliphatic carbocycles. The molecule has 0 bridgehead atoms. The van der Waals surface area contributed by atoms with Gasteiger partial charge in [-0.15, -0.1) is 0 Å². The maximum Gasteiger partial charge on any atom is 0.271 e. The predicted molar refractivity (Wildman–Crippen MR) is 134 cm³/mol. The molecule has 1 amide bonds. The first-order valence-electron chi connectivity index (χ1n) is 9.58. The molecule has 4 aromatic rings. The maximum atomic E-state index is 12.2. The second kappa shape index (κ2) is 9.94. The minimum Gasteiger partial charge on any atom is -0.488 e. The van der Waals surface area contributed by atoms with Crippen LogP contribution in [0.2, 0.25) is 5.02 Å². The van der Waals surface area contributed by atoms with Crippen molar-refractivity contribution >= 4 is 57.1 Å². The molecule has 0 radical (unpaired) electrons. The molecule has 0 aliphatic rings. The van der Waals surface area contributed by atoms with Crippen LogP contribution in [0.4, 0.5) is 0 Å². The van der Waals surface area contributed by atoms with Crippen LogP contribution < -0.4 is 10.2 Å². The summed E-state index contributed by atoms with van der Waals surface area (Å²) >= 11 is 8.35. The first kappa shape index (κ1) is 21.3. The number of fused-ring (bicyclic) bond motifs is 1. The molecule has 0 aliphatic heterocycles. The van der Waals surface area contributed by atoms with Gasteiger partial charge < -0.3 is 4.74 Å². The van der Waals surface area contributed by atoms with E-state index in [-0.39, 0.29) is 5.91 Å². The van der Waals surface area contributed by atoms with Crippen molar-refractivity contribution in [1.82, 2.24) is 5.43 Å². The van der Waals surface area contributed by atoms with Crippen molar-refractivity contribution in [3.63, 3.8) is 0 Å². The molecule has 0 heterocycles. The van der Waals surface area contributed by atoms with E-state index in [1.54, 1.807) is 30.3 Å². The van der Waals surface area contributed by atoms with Crippen molar-refractivity contribution in [1.29, 1.82) is 0 Å². The van der Waals surface area contributed by atoms with E-state index in [1.165, 1.54) is 11.6 Å². The molecule has 0 aromatic heterocycles. The van der Waals surface area contributed by atoms with Crippen molar-refractivity contribution in [2.75, 3.05) is 0 Å². The van der Waals surface area contributed by atoms with Gasteiger partial charge in [0.25, 0.3) is 5.91 Å². The van der Waals surface area contributed by atoms with Gasteiger partial charge in [-0.3, -0.25) is 4.79 Å². The average Bonchev–Trinajstić information content (AvgIpc) is 2.79. The molecule has 4 nitrogen and oxygen atoms in total. The summed E-state index contributed by atoms with van der Waals surface area (Å²) in [6.45, 7) is 0.402. The van der Waals surface area contributed by atoms with Crippen LogP contribution in [0, 0.1) is 3.57 Å². The van der Waals surface area contributed by atoms with Gasteiger partial charge in [-0.25, -0.2) is 5.43 Å². The molecule has 1 N–H and O–H groups in total. The van der Waals surface area contributed by atoms with E-state index in [0.29, 0.717) is 28.5 Å². The number of benzene rings is 4. The maximum absolute atomic E-state index is 12.2. The number of nitrogens with one attached hydrogen (secondary N) is 1. The normalized spacial score (nSPS) is 11.0. The van der Waals surface area contributed by atoms with Crippen LogP contribution in [0.25, 0.3) is 10.8 Å². The fraction of sp³-hybridized carbons (Fsp3) is 0.0400. The Morgan fingerprint density at radius 3 is 2.61 bits per heavy atom. The van der Waals surface area contributed by atoms with Gasteiger partial charge in [-0.2, -0.15) is 5.10 Å². The van der Waals surface area contributed by atoms with E-state index in [2.05, 4.69) is 51.3 Å². The zero-order valence-electron chi connectivity index (χ0n) is 16.4. The lowest BCUT2D eigenvalue weighted by molar-refractivity contribution is 0.0955. The molecule has 0 saturated heterocycles. The number of rotatable bonds is 6. The summed E-state index contributed by atoms with van der Waals surface area (Å²) in [4.78, 5) is 12.2. The van der Waals surface area contributed by atoms with E-state index in [0.717, 1.165) is 14.5 Å². The number of ether oxygens (including phenoxy) is 1. The second-order valence-corrected chi connectivity index (χ2v) is 8.50. The zero-order chi connectivity index (χ0) is 21.6. The number of hydrazone groups is 1. The third-order valence-corrected chi connectivity index (χ3v) is 5.67. The topological polar surface area (TPSA) is 50.7 Å². The summed E-state index contributed by atoms with van der Waals surface area (Å²) in [7, 11) is 0. The lowest BCUT2D eigenvalue weighted by Crippen LogP contribution is -2.17. The molecule has 6 heteroatoms. The van der Waals surface area contributed by atoms with Crippen molar-refractivity contribution < 1.29 is 9.53 Å². The highest BCUT2D eigenvalue weighted by Crippen LogP contribution is 2.24. The van der Waals surface area contributed by atoms with Crippen LogP contribution in [0.3, 0.4) is 0 Å². The Bertz CT molecular complexity index is 1250. The molecule has 0 spiro atoms. The van der Waals surface area contributed by atoms with Gasteiger partial charge in [0.05, 0.1) is 6.21 Å². The Morgan fingerprint density at radius 1 is 1.00 bits per heavy atom. The van der Waals surface area contributed by atoms with Crippen molar-refractivity contribution in [2.24, 2.45) is 5.10 Å². The summed E-state index contributed by atoms with van der Waals surface area (Å²) in [5.41, 5.74) is 4.84. The predicted octanol–water partition coefficient (Wildman–Crippen LogP) is 6.44. The quantitative estimate of drug-likeness (QED) is 0.174. The first-order valence-corrected chi connectivity index (χ1v) is 11.0. The Hall–Kier alpha value is -2.90. The van der Waals surface area contributed by atoms with E-state index < -0.39 is 0 Å².